The molecule has 1 amide bonds. The second-order valence-electron chi connectivity index (χ2n) is 5.04. The average molecular weight is 327 g/mol. The van der Waals surface area contributed by atoms with E-state index in [0.29, 0.717) is 6.07 Å². The van der Waals surface area contributed by atoms with Crippen molar-refractivity contribution in [3.05, 3.63) is 23.3 Å². The molecule has 1 heterocycles. The van der Waals surface area contributed by atoms with Crippen LogP contribution in [0, 0.1) is 0 Å². The van der Waals surface area contributed by atoms with Gasteiger partial charge < -0.3 is 10.0 Å². The lowest BCUT2D eigenvalue weighted by Gasteiger charge is -2.25. The molecule has 22 heavy (non-hydrogen) atoms. The molecule has 1 aromatic rings. The van der Waals surface area contributed by atoms with Crippen molar-refractivity contribution in [3.8, 4) is 5.75 Å². The summed E-state index contributed by atoms with van der Waals surface area (Å²) in [5, 5.41) is 9.73. The van der Waals surface area contributed by atoms with Gasteiger partial charge in [0.05, 0.1) is 16.8 Å². The fraction of sp³-hybridized carbons (Fsp3) is 0.462. The summed E-state index contributed by atoms with van der Waals surface area (Å²) in [5.74, 6) is -2.00. The van der Waals surface area contributed by atoms with Gasteiger partial charge in [0.15, 0.2) is 5.75 Å². The van der Waals surface area contributed by atoms with Crippen LogP contribution in [-0.2, 0) is 17.1 Å². The van der Waals surface area contributed by atoms with E-state index >= 15 is 0 Å². The fourth-order valence-electron chi connectivity index (χ4n) is 2.38. The van der Waals surface area contributed by atoms with E-state index in [1.54, 1.807) is 0 Å². The molecule has 3 nitrogen and oxygen atoms in total. The lowest BCUT2D eigenvalue weighted by molar-refractivity contribution is -0.143. The zero-order valence-corrected chi connectivity index (χ0v) is 11.2. The molecule has 0 unspecified atom stereocenters. The first kappa shape index (κ1) is 16.4. The lowest BCUT2D eigenvalue weighted by atomic mass is 10.1. The Kier molecular flexibility index (Phi) is 3.78. The first-order chi connectivity index (χ1) is 9.93. The third-order valence-electron chi connectivity index (χ3n) is 3.47. The second kappa shape index (κ2) is 5.06. The number of aromatic hydroxyl groups is 1. The Bertz CT molecular complexity index is 608. The summed E-state index contributed by atoms with van der Waals surface area (Å²) in [6.07, 6.45) is -9.92. The van der Waals surface area contributed by atoms with Gasteiger partial charge in [0.2, 0.25) is 5.91 Å². The quantitative estimate of drug-likeness (QED) is 0.794. The average Bonchev–Trinajstić information content (AvgIpc) is 2.67. The highest BCUT2D eigenvalue weighted by Crippen LogP contribution is 2.46. The van der Waals surface area contributed by atoms with Crippen LogP contribution in [0.1, 0.15) is 30.9 Å². The van der Waals surface area contributed by atoms with Crippen LogP contribution in [0.5, 0.6) is 5.75 Å². The first-order valence-corrected chi connectivity index (χ1v) is 6.26. The van der Waals surface area contributed by atoms with Gasteiger partial charge in [-0.2, -0.15) is 26.3 Å². The van der Waals surface area contributed by atoms with Gasteiger partial charge in [-0.05, 0) is 25.5 Å². The molecule has 0 bridgehead atoms. The Morgan fingerprint density at radius 3 is 2.14 bits per heavy atom. The molecule has 0 aromatic heterocycles. The maximum Gasteiger partial charge on any atom is 0.420 e. The molecule has 1 saturated heterocycles. The number of phenols is 1. The maximum atomic E-state index is 12.8. The number of carbonyl (C=O) groups excluding carboxylic acids is 1. The highest BCUT2D eigenvalue weighted by atomic mass is 19.4. The lowest BCUT2D eigenvalue weighted by Crippen LogP contribution is -2.31. The van der Waals surface area contributed by atoms with Gasteiger partial charge in [0.1, 0.15) is 0 Å². The first-order valence-electron chi connectivity index (χ1n) is 6.26. The summed E-state index contributed by atoms with van der Waals surface area (Å²) in [5.41, 5.74) is -4.15. The zero-order valence-electron chi connectivity index (χ0n) is 11.2. The van der Waals surface area contributed by atoms with Crippen LogP contribution in [-0.4, -0.2) is 17.1 Å². The Morgan fingerprint density at radius 2 is 1.73 bits per heavy atom. The van der Waals surface area contributed by atoms with E-state index < -0.39 is 46.9 Å². The van der Waals surface area contributed by atoms with Crippen LogP contribution >= 0.6 is 0 Å². The number of benzene rings is 1. The van der Waals surface area contributed by atoms with Crippen LogP contribution in [0.15, 0.2) is 12.1 Å². The number of anilines is 1. The van der Waals surface area contributed by atoms with Gasteiger partial charge in [-0.25, -0.2) is 0 Å². The number of carbonyl (C=O) groups is 1. The van der Waals surface area contributed by atoms with E-state index in [1.807, 2.05) is 0 Å². The SMILES string of the molecule is C[C@@H]1CCC(=O)N1c1cc(C(F)(F)F)cc(C(F)(F)F)c1O. The maximum absolute atomic E-state index is 12.8. The highest BCUT2D eigenvalue weighted by Gasteiger charge is 2.42. The van der Waals surface area contributed by atoms with E-state index in [2.05, 4.69) is 0 Å². The van der Waals surface area contributed by atoms with E-state index in [9.17, 15) is 36.2 Å². The van der Waals surface area contributed by atoms with Crippen LogP contribution < -0.4 is 4.90 Å². The van der Waals surface area contributed by atoms with Crippen molar-refractivity contribution in [2.75, 3.05) is 4.90 Å². The molecule has 1 N–H and O–H groups in total. The van der Waals surface area contributed by atoms with Crippen LogP contribution in [0.3, 0.4) is 0 Å². The molecular formula is C13H11F6NO2. The molecule has 2 rings (SSSR count). The van der Waals surface area contributed by atoms with Crippen molar-refractivity contribution in [2.24, 2.45) is 0 Å². The summed E-state index contributed by atoms with van der Waals surface area (Å²) in [6, 6.07) is -0.392. The summed E-state index contributed by atoms with van der Waals surface area (Å²) in [7, 11) is 0. The molecule has 0 radical (unpaired) electrons. The van der Waals surface area contributed by atoms with Crippen molar-refractivity contribution in [1.29, 1.82) is 0 Å². The Balaban J connectivity index is 2.70. The van der Waals surface area contributed by atoms with Gasteiger partial charge in [-0.3, -0.25) is 4.79 Å². The van der Waals surface area contributed by atoms with E-state index in [4.69, 9.17) is 0 Å². The third kappa shape index (κ3) is 2.84. The van der Waals surface area contributed by atoms with Crippen LogP contribution in [0.4, 0.5) is 32.0 Å². The van der Waals surface area contributed by atoms with E-state index in [0.717, 1.165) is 4.90 Å². The van der Waals surface area contributed by atoms with Crippen molar-refractivity contribution >= 4 is 11.6 Å². The minimum absolute atomic E-state index is 0.00178. The smallest absolute Gasteiger partial charge is 0.420 e. The van der Waals surface area contributed by atoms with Gasteiger partial charge in [-0.15, -0.1) is 0 Å². The second-order valence-corrected chi connectivity index (χ2v) is 5.04. The third-order valence-corrected chi connectivity index (χ3v) is 3.47. The monoisotopic (exact) mass is 327 g/mol. The number of alkyl halides is 6. The van der Waals surface area contributed by atoms with E-state index in [-0.39, 0.29) is 18.9 Å². The van der Waals surface area contributed by atoms with Gasteiger partial charge in [-0.1, -0.05) is 0 Å². The topological polar surface area (TPSA) is 40.5 Å². The minimum atomic E-state index is -5.17. The van der Waals surface area contributed by atoms with Gasteiger partial charge in [0.25, 0.3) is 0 Å². The number of nitrogens with zero attached hydrogens (tertiary/aromatic N) is 1. The zero-order chi connectivity index (χ0) is 16.9. The molecule has 0 aliphatic carbocycles. The van der Waals surface area contributed by atoms with Crippen molar-refractivity contribution in [1.82, 2.24) is 0 Å². The standard InChI is InChI=1S/C13H11F6NO2/c1-6-2-3-10(21)20(6)9-5-7(12(14,15)16)4-8(11(9)22)13(17,18)19/h4-6,22H,2-3H2,1H3/t6-/m1/s1. The van der Waals surface area contributed by atoms with Crippen LogP contribution in [0.2, 0.25) is 0 Å². The molecule has 1 aromatic carbocycles. The number of amides is 1. The molecular weight excluding hydrogens is 316 g/mol. The van der Waals surface area contributed by atoms with Crippen molar-refractivity contribution in [2.45, 2.75) is 38.2 Å². The molecule has 9 heteroatoms. The Labute approximate surface area is 121 Å². The summed E-state index contributed by atoms with van der Waals surface area (Å²) in [4.78, 5) is 12.5. The van der Waals surface area contributed by atoms with E-state index in [1.165, 1.54) is 6.92 Å². The van der Waals surface area contributed by atoms with Gasteiger partial charge >= 0.3 is 12.4 Å². The fourth-order valence-corrected chi connectivity index (χ4v) is 2.38. The largest absolute Gasteiger partial charge is 0.505 e. The molecule has 0 saturated carbocycles. The van der Waals surface area contributed by atoms with Crippen LogP contribution in [0.25, 0.3) is 0 Å². The Morgan fingerprint density at radius 1 is 1.14 bits per heavy atom. The number of rotatable bonds is 1. The molecule has 122 valence electrons. The number of hydrogen-bond acceptors (Lipinski definition) is 2. The number of hydrogen-bond donors (Lipinski definition) is 1. The minimum Gasteiger partial charge on any atom is -0.505 e. The molecule has 1 aliphatic rings. The predicted molar refractivity (Wildman–Crippen MR) is 64.3 cm³/mol. The molecule has 1 fully saturated rings. The number of halogens is 6. The summed E-state index contributed by atoms with van der Waals surface area (Å²) >= 11 is 0. The number of phenolic OH excluding ortho intramolecular Hbond substituents is 1. The molecule has 0 spiro atoms. The normalized spacial score (nSPS) is 19.9. The summed E-state index contributed by atoms with van der Waals surface area (Å²) < 4.78 is 76.9. The summed E-state index contributed by atoms with van der Waals surface area (Å²) in [6.45, 7) is 1.48. The molecule has 1 atom stereocenters. The predicted octanol–water partition coefficient (Wildman–Crippen LogP) is 3.95. The van der Waals surface area contributed by atoms with Crippen molar-refractivity contribution in [3.63, 3.8) is 0 Å². The highest BCUT2D eigenvalue weighted by molar-refractivity contribution is 5.97. The molecule has 1 aliphatic heterocycles. The Hall–Kier alpha value is -1.93. The van der Waals surface area contributed by atoms with Gasteiger partial charge in [0, 0.05) is 12.5 Å². The van der Waals surface area contributed by atoms with Crippen molar-refractivity contribution < 1.29 is 36.2 Å².